The minimum atomic E-state index is -0.343. The molecule has 2 amide bonds. The van der Waals surface area contributed by atoms with Gasteiger partial charge in [0.05, 0.1) is 23.9 Å². The molecule has 0 unspecified atom stereocenters. The molecule has 0 saturated carbocycles. The van der Waals surface area contributed by atoms with Gasteiger partial charge in [-0.1, -0.05) is 36.4 Å². The Hall–Kier alpha value is -4.77. The first-order valence-electron chi connectivity index (χ1n) is 11.9. The van der Waals surface area contributed by atoms with E-state index in [4.69, 9.17) is 5.26 Å². The zero-order valence-corrected chi connectivity index (χ0v) is 20.2. The number of nitrogens with one attached hydrogen (secondary N) is 1. The van der Waals surface area contributed by atoms with Crippen LogP contribution in [0.5, 0.6) is 0 Å². The summed E-state index contributed by atoms with van der Waals surface area (Å²) in [5, 5.41) is 16.5. The van der Waals surface area contributed by atoms with Gasteiger partial charge in [0, 0.05) is 48.9 Å². The fourth-order valence-corrected chi connectivity index (χ4v) is 3.91. The normalized spacial score (nSPS) is 10.5. The Morgan fingerprint density at radius 3 is 2.30 bits per heavy atom. The maximum Gasteiger partial charge on any atom is 0.227 e. The lowest BCUT2D eigenvalue weighted by molar-refractivity contribution is -0.125. The highest BCUT2D eigenvalue weighted by Crippen LogP contribution is 2.24. The van der Waals surface area contributed by atoms with Crippen molar-refractivity contribution in [2.24, 2.45) is 0 Å². The first-order valence-corrected chi connectivity index (χ1v) is 11.9. The number of rotatable bonds is 10. The molecule has 37 heavy (non-hydrogen) atoms. The van der Waals surface area contributed by atoms with Crippen LogP contribution >= 0.6 is 0 Å². The monoisotopic (exact) mass is 495 g/mol. The van der Waals surface area contributed by atoms with Crippen molar-refractivity contribution in [2.45, 2.75) is 25.8 Å². The minimum absolute atomic E-state index is 0.00737. The van der Waals surface area contributed by atoms with E-state index in [0.29, 0.717) is 11.4 Å². The van der Waals surface area contributed by atoms with E-state index in [9.17, 15) is 14.0 Å². The predicted octanol–water partition coefficient (Wildman–Crippen LogP) is 5.02. The van der Waals surface area contributed by atoms with Crippen molar-refractivity contribution in [3.63, 3.8) is 0 Å². The zero-order valence-electron chi connectivity index (χ0n) is 20.2. The van der Waals surface area contributed by atoms with E-state index in [2.05, 4.69) is 16.5 Å². The van der Waals surface area contributed by atoms with Gasteiger partial charge in [0.1, 0.15) is 5.82 Å². The average Bonchev–Trinajstić information content (AvgIpc) is 3.37. The second-order valence-electron chi connectivity index (χ2n) is 8.36. The summed E-state index contributed by atoms with van der Waals surface area (Å²) >= 11 is 0. The average molecular weight is 496 g/mol. The number of carbonyl (C=O) groups is 2. The highest BCUT2D eigenvalue weighted by atomic mass is 19.1. The molecule has 0 radical (unpaired) electrons. The maximum atomic E-state index is 13.5. The van der Waals surface area contributed by atoms with E-state index >= 15 is 0 Å². The van der Waals surface area contributed by atoms with Gasteiger partial charge in [-0.15, -0.1) is 0 Å². The Morgan fingerprint density at radius 2 is 1.62 bits per heavy atom. The van der Waals surface area contributed by atoms with E-state index in [1.165, 1.54) is 17.0 Å². The van der Waals surface area contributed by atoms with Crippen molar-refractivity contribution >= 4 is 17.5 Å². The summed E-state index contributed by atoms with van der Waals surface area (Å²) in [6.45, 7) is 0.462. The number of carbonyl (C=O) groups excluding carboxylic acids is 2. The third-order valence-electron chi connectivity index (χ3n) is 5.79. The molecule has 4 aromatic rings. The number of hydrogen-bond acceptors (Lipinski definition) is 4. The Bertz CT molecular complexity index is 1380. The summed E-state index contributed by atoms with van der Waals surface area (Å²) in [5.41, 5.74) is 3.67. The second-order valence-corrected chi connectivity index (χ2v) is 8.36. The van der Waals surface area contributed by atoms with Gasteiger partial charge >= 0.3 is 0 Å². The molecule has 0 aliphatic rings. The van der Waals surface area contributed by atoms with Gasteiger partial charge in [-0.2, -0.15) is 10.4 Å². The van der Waals surface area contributed by atoms with Crippen LogP contribution in [0.3, 0.4) is 0 Å². The van der Waals surface area contributed by atoms with Gasteiger partial charge in [0.15, 0.2) is 0 Å². The lowest BCUT2D eigenvalue weighted by atomic mass is 10.1. The van der Waals surface area contributed by atoms with E-state index in [0.717, 1.165) is 16.8 Å². The molecule has 0 bridgehead atoms. The summed E-state index contributed by atoms with van der Waals surface area (Å²) in [4.78, 5) is 27.0. The molecule has 0 aliphatic carbocycles. The summed E-state index contributed by atoms with van der Waals surface area (Å²) in [5.74, 6) is -0.843. The molecule has 1 N–H and O–H groups in total. The summed E-state index contributed by atoms with van der Waals surface area (Å²) in [6.07, 6.45) is 2.05. The van der Waals surface area contributed by atoms with Crippen LogP contribution in [-0.4, -0.2) is 28.1 Å². The number of nitrogens with zero attached hydrogens (tertiary/aromatic N) is 4. The topological polar surface area (TPSA) is 91.0 Å². The van der Waals surface area contributed by atoms with Crippen molar-refractivity contribution in [3.8, 4) is 23.0 Å². The molecule has 0 saturated heterocycles. The van der Waals surface area contributed by atoms with Gasteiger partial charge in [-0.3, -0.25) is 9.59 Å². The molecule has 8 heteroatoms. The van der Waals surface area contributed by atoms with E-state index in [1.807, 2.05) is 54.7 Å². The Kier molecular flexibility index (Phi) is 8.40. The number of halogens is 1. The van der Waals surface area contributed by atoms with Gasteiger partial charge in [-0.05, 0) is 48.5 Å². The number of amides is 2. The fourth-order valence-electron chi connectivity index (χ4n) is 3.91. The third-order valence-corrected chi connectivity index (χ3v) is 5.79. The molecule has 1 heterocycles. The van der Waals surface area contributed by atoms with Crippen LogP contribution in [0.1, 0.15) is 24.8 Å². The van der Waals surface area contributed by atoms with E-state index < -0.39 is 0 Å². The number of benzene rings is 3. The summed E-state index contributed by atoms with van der Waals surface area (Å²) in [7, 11) is 0. The molecular formula is C29H26FN5O2. The van der Waals surface area contributed by atoms with Crippen LogP contribution < -0.4 is 10.2 Å². The highest BCUT2D eigenvalue weighted by molar-refractivity contribution is 5.95. The molecule has 186 valence electrons. The Morgan fingerprint density at radius 1 is 0.946 bits per heavy atom. The van der Waals surface area contributed by atoms with Crippen LogP contribution in [0.25, 0.3) is 16.9 Å². The quantitative estimate of drug-likeness (QED) is 0.334. The Labute approximate surface area is 214 Å². The van der Waals surface area contributed by atoms with Crippen LogP contribution in [0, 0.1) is 17.1 Å². The number of anilines is 1. The molecule has 0 aliphatic heterocycles. The van der Waals surface area contributed by atoms with Crippen LogP contribution in [0.2, 0.25) is 0 Å². The van der Waals surface area contributed by atoms with Crippen LogP contribution in [0.4, 0.5) is 10.1 Å². The van der Waals surface area contributed by atoms with Crippen molar-refractivity contribution in [3.05, 3.63) is 103 Å². The van der Waals surface area contributed by atoms with E-state index in [1.54, 1.807) is 28.9 Å². The number of para-hydroxylation sites is 2. The van der Waals surface area contributed by atoms with Crippen molar-refractivity contribution in [1.82, 2.24) is 15.1 Å². The molecule has 4 rings (SSSR count). The highest BCUT2D eigenvalue weighted by Gasteiger charge is 2.18. The number of hydrogen-bond donors (Lipinski definition) is 1. The first-order chi connectivity index (χ1) is 18.0. The first kappa shape index (κ1) is 25.3. The maximum absolute atomic E-state index is 13.5. The minimum Gasteiger partial charge on any atom is -0.352 e. The van der Waals surface area contributed by atoms with Crippen LogP contribution in [0.15, 0.2) is 91.1 Å². The zero-order chi connectivity index (χ0) is 26.0. The standard InChI is InChI=1S/C29H26FN5O2/c30-24-14-12-22(13-15-24)29-23(21-35(33-29)26-10-5-2-6-11-26)20-32-27(36)16-17-28(37)34(19-7-18-31)25-8-3-1-4-9-25/h1-6,8-15,21H,7,16-17,19-20H2,(H,32,36). The van der Waals surface area contributed by atoms with Gasteiger partial charge < -0.3 is 10.2 Å². The molecule has 0 fully saturated rings. The molecule has 3 aromatic carbocycles. The number of aromatic nitrogens is 2. The third kappa shape index (κ3) is 6.67. The lowest BCUT2D eigenvalue weighted by Crippen LogP contribution is -2.33. The summed E-state index contributed by atoms with van der Waals surface area (Å²) < 4.78 is 15.2. The smallest absolute Gasteiger partial charge is 0.227 e. The van der Waals surface area contributed by atoms with Crippen molar-refractivity contribution in [2.75, 3.05) is 11.4 Å². The largest absolute Gasteiger partial charge is 0.352 e. The SMILES string of the molecule is N#CCCN(C(=O)CCC(=O)NCc1cn(-c2ccccc2)nc1-c1ccc(F)cc1)c1ccccc1. The predicted molar refractivity (Wildman–Crippen MR) is 139 cm³/mol. The number of nitriles is 1. The second kappa shape index (κ2) is 12.3. The molecule has 1 aromatic heterocycles. The van der Waals surface area contributed by atoms with E-state index in [-0.39, 0.29) is 50.0 Å². The van der Waals surface area contributed by atoms with Crippen molar-refractivity contribution < 1.29 is 14.0 Å². The molecular weight excluding hydrogens is 469 g/mol. The molecule has 7 nitrogen and oxygen atoms in total. The lowest BCUT2D eigenvalue weighted by Gasteiger charge is -2.21. The summed E-state index contributed by atoms with van der Waals surface area (Å²) in [6, 6.07) is 26.8. The van der Waals surface area contributed by atoms with Gasteiger partial charge in [0.2, 0.25) is 11.8 Å². The fraction of sp³-hybridized carbons (Fsp3) is 0.172. The Balaban J connectivity index is 1.43. The van der Waals surface area contributed by atoms with Crippen molar-refractivity contribution in [1.29, 1.82) is 5.26 Å². The van der Waals surface area contributed by atoms with Gasteiger partial charge in [-0.25, -0.2) is 9.07 Å². The molecule has 0 spiro atoms. The van der Waals surface area contributed by atoms with Crippen LogP contribution in [-0.2, 0) is 16.1 Å². The van der Waals surface area contributed by atoms with Gasteiger partial charge in [0.25, 0.3) is 0 Å². The molecule has 0 atom stereocenters.